The number of sulfonamides is 2. The summed E-state index contributed by atoms with van der Waals surface area (Å²) in [6, 6.07) is 10.9. The molecule has 0 spiro atoms. The first kappa shape index (κ1) is 34.8. The van der Waals surface area contributed by atoms with E-state index in [-0.39, 0.29) is 28.8 Å². The Hall–Kier alpha value is -3.04. The number of phenolic OH excluding ortho intramolecular Hbond substituents is 1. The van der Waals surface area contributed by atoms with Gasteiger partial charge in [-0.1, -0.05) is 50.3 Å². The Balaban J connectivity index is 1.22. The summed E-state index contributed by atoms with van der Waals surface area (Å²) in [6.45, 7) is 3.80. The number of hydrogen-bond acceptors (Lipinski definition) is 10. The number of aromatic hydroxyl groups is 1. The van der Waals surface area contributed by atoms with Crippen LogP contribution >= 0.6 is 0 Å². The molecule has 2 heterocycles. The molecule has 1 aromatic heterocycles. The van der Waals surface area contributed by atoms with Crippen LogP contribution in [-0.2, 0) is 26.5 Å². The molecular formula is C31H45N5O7S2. The SMILES string of the molecule is CCCCCCCCc1nc(-c2ccc(S(=O)(=O)N3CCC(CNCC(O)c4ccc(O)c(NS(C)(=O)=O)c4)CC3)cc2)no1. The van der Waals surface area contributed by atoms with E-state index in [9.17, 15) is 27.0 Å². The van der Waals surface area contributed by atoms with Gasteiger partial charge in [0.2, 0.25) is 31.8 Å². The van der Waals surface area contributed by atoms with Crippen LogP contribution in [0.4, 0.5) is 5.69 Å². The molecule has 1 aliphatic rings. The minimum atomic E-state index is -3.65. The maximum absolute atomic E-state index is 13.3. The van der Waals surface area contributed by atoms with Gasteiger partial charge >= 0.3 is 0 Å². The highest BCUT2D eigenvalue weighted by Gasteiger charge is 2.29. The van der Waals surface area contributed by atoms with E-state index in [2.05, 4.69) is 27.1 Å². The van der Waals surface area contributed by atoms with E-state index in [1.807, 2.05) is 0 Å². The average Bonchev–Trinajstić information content (AvgIpc) is 3.48. The molecule has 0 aliphatic carbocycles. The van der Waals surface area contributed by atoms with Gasteiger partial charge in [-0.2, -0.15) is 9.29 Å². The Labute approximate surface area is 266 Å². The van der Waals surface area contributed by atoms with Crippen molar-refractivity contribution in [2.24, 2.45) is 5.92 Å². The van der Waals surface area contributed by atoms with Crippen LogP contribution in [0.15, 0.2) is 51.9 Å². The fourth-order valence-corrected chi connectivity index (χ4v) is 7.43. The van der Waals surface area contributed by atoms with E-state index in [1.165, 1.54) is 48.2 Å². The quantitative estimate of drug-likeness (QED) is 0.119. The predicted molar refractivity (Wildman–Crippen MR) is 173 cm³/mol. The third-order valence-electron chi connectivity index (χ3n) is 8.01. The van der Waals surface area contributed by atoms with Gasteiger partial charge in [0.15, 0.2) is 0 Å². The van der Waals surface area contributed by atoms with Crippen LogP contribution in [0.1, 0.15) is 75.8 Å². The second-order valence-electron chi connectivity index (χ2n) is 11.7. The van der Waals surface area contributed by atoms with E-state index in [1.54, 1.807) is 24.3 Å². The standard InChI is InChI=1S/C31H45N5O7S2/c1-3-4-5-6-7-8-9-30-33-31(34-43-30)24-10-13-26(14-11-24)45(41,42)36-18-16-23(17-19-36)21-32-22-29(38)25-12-15-28(37)27(20-25)35-44(2,39)40/h10-15,20,23,29,32,35,37-38H,3-9,16-19,21-22H2,1-2H3. The van der Waals surface area contributed by atoms with Gasteiger partial charge in [0.25, 0.3) is 0 Å². The van der Waals surface area contributed by atoms with Gasteiger partial charge in [-0.25, -0.2) is 16.8 Å². The van der Waals surface area contributed by atoms with Crippen molar-refractivity contribution in [3.05, 3.63) is 53.9 Å². The zero-order valence-electron chi connectivity index (χ0n) is 26.0. The number of unbranched alkanes of at least 4 members (excludes halogenated alkanes) is 5. The van der Waals surface area contributed by atoms with Gasteiger partial charge in [0, 0.05) is 31.6 Å². The lowest BCUT2D eigenvalue weighted by molar-refractivity contribution is 0.169. The van der Waals surface area contributed by atoms with Crippen LogP contribution in [0.3, 0.4) is 0 Å². The van der Waals surface area contributed by atoms with Crippen LogP contribution < -0.4 is 10.0 Å². The van der Waals surface area contributed by atoms with Gasteiger partial charge in [0.05, 0.1) is 22.9 Å². The minimum absolute atomic E-state index is 0.0000215. The molecule has 0 radical (unpaired) electrons. The topological polar surface area (TPSA) is 175 Å². The molecule has 1 fully saturated rings. The molecule has 1 atom stereocenters. The molecule has 2 aromatic carbocycles. The Kier molecular flexibility index (Phi) is 12.4. The third-order valence-corrected chi connectivity index (χ3v) is 10.5. The van der Waals surface area contributed by atoms with Crippen molar-refractivity contribution in [2.75, 3.05) is 37.2 Å². The number of aromatic nitrogens is 2. The molecule has 0 saturated carbocycles. The van der Waals surface area contributed by atoms with Crippen molar-refractivity contribution in [3.63, 3.8) is 0 Å². The summed E-state index contributed by atoms with van der Waals surface area (Å²) in [6.07, 6.45) is 9.23. The first-order valence-electron chi connectivity index (χ1n) is 15.6. The van der Waals surface area contributed by atoms with Crippen molar-refractivity contribution in [3.8, 4) is 17.1 Å². The number of piperidine rings is 1. The van der Waals surface area contributed by atoms with Crippen molar-refractivity contribution in [1.29, 1.82) is 0 Å². The molecular weight excluding hydrogens is 619 g/mol. The van der Waals surface area contributed by atoms with Crippen molar-refractivity contribution in [2.45, 2.75) is 75.7 Å². The first-order chi connectivity index (χ1) is 21.5. The molecule has 1 saturated heterocycles. The number of benzene rings is 2. The molecule has 45 heavy (non-hydrogen) atoms. The Morgan fingerprint density at radius 3 is 2.38 bits per heavy atom. The molecule has 0 amide bonds. The molecule has 1 aliphatic heterocycles. The second kappa shape index (κ2) is 16.0. The summed E-state index contributed by atoms with van der Waals surface area (Å²) < 4.78 is 58.8. The van der Waals surface area contributed by atoms with Crippen LogP contribution in [0.2, 0.25) is 0 Å². The lowest BCUT2D eigenvalue weighted by Gasteiger charge is -2.31. The maximum atomic E-state index is 13.3. The Bertz CT molecular complexity index is 1590. The highest BCUT2D eigenvalue weighted by atomic mass is 32.2. The van der Waals surface area contributed by atoms with Crippen LogP contribution in [-0.4, -0.2) is 73.9 Å². The fourth-order valence-electron chi connectivity index (χ4n) is 5.39. The zero-order valence-corrected chi connectivity index (χ0v) is 27.6. The largest absolute Gasteiger partial charge is 0.506 e. The Morgan fingerprint density at radius 1 is 1.00 bits per heavy atom. The summed E-state index contributed by atoms with van der Waals surface area (Å²) in [5.41, 5.74) is 1.15. The van der Waals surface area contributed by atoms with Crippen LogP contribution in [0.25, 0.3) is 11.4 Å². The van der Waals surface area contributed by atoms with Crippen LogP contribution in [0, 0.1) is 5.92 Å². The number of aliphatic hydroxyl groups is 1. The first-order valence-corrected chi connectivity index (χ1v) is 18.9. The van der Waals surface area contributed by atoms with E-state index in [0.717, 1.165) is 25.5 Å². The lowest BCUT2D eigenvalue weighted by atomic mass is 9.98. The van der Waals surface area contributed by atoms with Gasteiger partial charge < -0.3 is 20.1 Å². The summed E-state index contributed by atoms with van der Waals surface area (Å²) in [7, 11) is -7.24. The molecule has 1 unspecified atom stereocenters. The summed E-state index contributed by atoms with van der Waals surface area (Å²) in [5, 5.41) is 27.8. The molecule has 12 nitrogen and oxygen atoms in total. The van der Waals surface area contributed by atoms with Crippen molar-refractivity contribution < 1.29 is 31.6 Å². The molecule has 14 heteroatoms. The molecule has 4 N–H and O–H groups in total. The third kappa shape index (κ3) is 10.2. The average molecular weight is 664 g/mol. The van der Waals surface area contributed by atoms with Crippen LogP contribution in [0.5, 0.6) is 5.75 Å². The lowest BCUT2D eigenvalue weighted by Crippen LogP contribution is -2.41. The second-order valence-corrected chi connectivity index (χ2v) is 15.4. The van der Waals surface area contributed by atoms with Gasteiger partial charge in [-0.05, 0) is 73.7 Å². The highest BCUT2D eigenvalue weighted by molar-refractivity contribution is 7.92. The molecule has 3 aromatic rings. The van der Waals surface area contributed by atoms with Gasteiger partial charge in [0.1, 0.15) is 5.75 Å². The number of rotatable bonds is 17. The molecule has 4 rings (SSSR count). The van der Waals surface area contributed by atoms with E-state index < -0.39 is 26.2 Å². The van der Waals surface area contributed by atoms with E-state index >= 15 is 0 Å². The number of aliphatic hydroxyl groups excluding tert-OH is 1. The predicted octanol–water partition coefficient (Wildman–Crippen LogP) is 4.44. The summed E-state index contributed by atoms with van der Waals surface area (Å²) in [5.74, 6) is 1.05. The summed E-state index contributed by atoms with van der Waals surface area (Å²) >= 11 is 0. The number of anilines is 1. The number of nitrogens with one attached hydrogen (secondary N) is 2. The van der Waals surface area contributed by atoms with Gasteiger partial charge in [-0.15, -0.1) is 0 Å². The summed E-state index contributed by atoms with van der Waals surface area (Å²) in [4.78, 5) is 4.71. The minimum Gasteiger partial charge on any atom is -0.506 e. The van der Waals surface area contributed by atoms with E-state index in [0.29, 0.717) is 55.3 Å². The highest BCUT2D eigenvalue weighted by Crippen LogP contribution is 2.29. The number of hydrogen-bond donors (Lipinski definition) is 4. The van der Waals surface area contributed by atoms with Gasteiger partial charge in [-0.3, -0.25) is 4.72 Å². The zero-order chi connectivity index (χ0) is 32.5. The fraction of sp³-hybridized carbons (Fsp3) is 0.548. The van der Waals surface area contributed by atoms with E-state index in [4.69, 9.17) is 4.52 Å². The number of aryl methyl sites for hydroxylation is 1. The van der Waals surface area contributed by atoms with Crippen molar-refractivity contribution >= 4 is 25.7 Å². The number of nitrogens with zero attached hydrogens (tertiary/aromatic N) is 3. The molecule has 248 valence electrons. The smallest absolute Gasteiger partial charge is 0.243 e. The maximum Gasteiger partial charge on any atom is 0.243 e. The number of phenols is 1. The van der Waals surface area contributed by atoms with Crippen molar-refractivity contribution in [1.82, 2.24) is 19.8 Å². The monoisotopic (exact) mass is 663 g/mol. The normalized spacial score (nSPS) is 15.7. The Morgan fingerprint density at radius 2 is 1.69 bits per heavy atom. The molecule has 0 bridgehead atoms.